The monoisotopic (exact) mass is 280 g/mol. The highest BCUT2D eigenvalue weighted by molar-refractivity contribution is 9.09. The molecule has 0 saturated heterocycles. The van der Waals surface area contributed by atoms with E-state index in [9.17, 15) is 13.2 Å². The Labute approximate surface area is 93.3 Å². The molecule has 0 N–H and O–H groups in total. The van der Waals surface area contributed by atoms with Gasteiger partial charge in [-0.2, -0.15) is 23.4 Å². The van der Waals surface area contributed by atoms with Gasteiger partial charge in [-0.3, -0.25) is 0 Å². The first-order valence-electron chi connectivity index (χ1n) is 4.08. The van der Waals surface area contributed by atoms with E-state index in [0.717, 1.165) is 5.56 Å². The van der Waals surface area contributed by atoms with Crippen LogP contribution in [0.4, 0.5) is 18.9 Å². The van der Waals surface area contributed by atoms with Gasteiger partial charge < -0.3 is 0 Å². The Morgan fingerprint density at radius 2 is 1.73 bits per heavy atom. The molecule has 0 amide bonds. The number of hydrogen-bond acceptors (Lipinski definition) is 2. The standard InChI is InChI=1S/C9H8BrF3N2/c1-6-2-4-7(5-3-6)14-15-8(10)9(11,12)13/h2-5,8H,1H3. The maximum absolute atomic E-state index is 12.0. The quantitative estimate of drug-likeness (QED) is 0.437. The molecule has 0 radical (unpaired) electrons. The van der Waals surface area contributed by atoms with Gasteiger partial charge in [0.05, 0.1) is 5.69 Å². The summed E-state index contributed by atoms with van der Waals surface area (Å²) in [4.78, 5) is -1.95. The van der Waals surface area contributed by atoms with E-state index < -0.39 is 11.1 Å². The van der Waals surface area contributed by atoms with Crippen molar-refractivity contribution in [3.05, 3.63) is 29.8 Å². The molecule has 0 aliphatic rings. The fourth-order valence-electron chi connectivity index (χ4n) is 0.794. The Bertz CT molecular complexity index is 345. The molecule has 2 nitrogen and oxygen atoms in total. The van der Waals surface area contributed by atoms with Crippen molar-refractivity contribution in [2.24, 2.45) is 10.2 Å². The van der Waals surface area contributed by atoms with Gasteiger partial charge in [0.2, 0.25) is 4.95 Å². The van der Waals surface area contributed by atoms with Crippen LogP contribution < -0.4 is 0 Å². The normalized spacial score (nSPS) is 14.5. The van der Waals surface area contributed by atoms with E-state index >= 15 is 0 Å². The number of benzene rings is 1. The van der Waals surface area contributed by atoms with E-state index in [4.69, 9.17) is 0 Å². The van der Waals surface area contributed by atoms with Crippen LogP contribution in [-0.2, 0) is 0 Å². The highest BCUT2D eigenvalue weighted by Crippen LogP contribution is 2.28. The van der Waals surface area contributed by atoms with Gasteiger partial charge in [-0.25, -0.2) is 0 Å². The lowest BCUT2D eigenvalue weighted by Crippen LogP contribution is -2.19. The number of aryl methyl sites for hydroxylation is 1. The van der Waals surface area contributed by atoms with Gasteiger partial charge in [0, 0.05) is 0 Å². The summed E-state index contributed by atoms with van der Waals surface area (Å²) in [5.41, 5.74) is 1.41. The number of halogens is 4. The molecule has 0 fully saturated rings. The van der Waals surface area contributed by atoms with Crippen LogP contribution in [0.25, 0.3) is 0 Å². The van der Waals surface area contributed by atoms with Crippen LogP contribution in [0.15, 0.2) is 34.5 Å². The third-order valence-corrected chi connectivity index (χ3v) is 2.28. The lowest BCUT2D eigenvalue weighted by atomic mass is 10.2. The van der Waals surface area contributed by atoms with Crippen molar-refractivity contribution in [2.75, 3.05) is 0 Å². The number of azo groups is 1. The maximum Gasteiger partial charge on any atom is 0.422 e. The van der Waals surface area contributed by atoms with Gasteiger partial charge in [0.25, 0.3) is 0 Å². The highest BCUT2D eigenvalue weighted by Gasteiger charge is 2.38. The van der Waals surface area contributed by atoms with Crippen molar-refractivity contribution < 1.29 is 13.2 Å². The second-order valence-corrected chi connectivity index (χ2v) is 3.80. The first kappa shape index (κ1) is 12.2. The highest BCUT2D eigenvalue weighted by atomic mass is 79.9. The van der Waals surface area contributed by atoms with Crippen molar-refractivity contribution in [3.63, 3.8) is 0 Å². The molecule has 0 heterocycles. The summed E-state index contributed by atoms with van der Waals surface area (Å²) in [7, 11) is 0. The molecular formula is C9H8BrF3N2. The summed E-state index contributed by atoms with van der Waals surface area (Å²) in [5.74, 6) is 0. The Balaban J connectivity index is 2.70. The fraction of sp³-hybridized carbons (Fsp3) is 0.333. The molecule has 15 heavy (non-hydrogen) atoms. The van der Waals surface area contributed by atoms with Crippen LogP contribution in [0.2, 0.25) is 0 Å². The minimum Gasteiger partial charge on any atom is -0.168 e. The molecule has 6 heteroatoms. The van der Waals surface area contributed by atoms with Crippen LogP contribution in [0, 0.1) is 6.92 Å². The topological polar surface area (TPSA) is 24.7 Å². The van der Waals surface area contributed by atoms with Gasteiger partial charge in [0.1, 0.15) is 0 Å². The smallest absolute Gasteiger partial charge is 0.168 e. The first-order valence-corrected chi connectivity index (χ1v) is 4.99. The van der Waals surface area contributed by atoms with Gasteiger partial charge >= 0.3 is 6.18 Å². The van der Waals surface area contributed by atoms with E-state index in [1.807, 2.05) is 6.92 Å². The Morgan fingerprint density at radius 1 is 1.20 bits per heavy atom. The average Bonchev–Trinajstić information content (AvgIpc) is 2.15. The Hall–Kier alpha value is -0.910. The molecule has 0 aromatic heterocycles. The van der Waals surface area contributed by atoms with Crippen molar-refractivity contribution in [1.82, 2.24) is 0 Å². The summed E-state index contributed by atoms with van der Waals surface area (Å²) < 4.78 is 36.0. The third-order valence-electron chi connectivity index (χ3n) is 1.58. The molecule has 1 atom stereocenters. The molecule has 1 rings (SSSR count). The van der Waals surface area contributed by atoms with Gasteiger partial charge in [-0.1, -0.05) is 33.6 Å². The predicted molar refractivity (Wildman–Crippen MR) is 54.5 cm³/mol. The van der Waals surface area contributed by atoms with Crippen molar-refractivity contribution >= 4 is 21.6 Å². The van der Waals surface area contributed by atoms with Gasteiger partial charge in [0.15, 0.2) is 0 Å². The zero-order chi connectivity index (χ0) is 11.5. The maximum atomic E-state index is 12.0. The average molecular weight is 281 g/mol. The van der Waals surface area contributed by atoms with Crippen molar-refractivity contribution in [2.45, 2.75) is 18.1 Å². The molecule has 0 spiro atoms. The zero-order valence-corrected chi connectivity index (χ0v) is 9.38. The molecule has 82 valence electrons. The lowest BCUT2D eigenvalue weighted by Gasteiger charge is -2.07. The second-order valence-electron chi connectivity index (χ2n) is 2.93. The van der Waals surface area contributed by atoms with Gasteiger partial charge in [-0.05, 0) is 19.1 Å². The largest absolute Gasteiger partial charge is 0.422 e. The number of rotatable bonds is 2. The molecule has 0 aliphatic carbocycles. The van der Waals surface area contributed by atoms with E-state index in [-0.39, 0.29) is 0 Å². The number of hydrogen-bond donors (Lipinski definition) is 0. The summed E-state index contributed by atoms with van der Waals surface area (Å²) in [5, 5.41) is 6.58. The fourth-order valence-corrected chi connectivity index (χ4v) is 0.886. The summed E-state index contributed by atoms with van der Waals surface area (Å²) in [6, 6.07) is 6.72. The van der Waals surface area contributed by atoms with Gasteiger partial charge in [-0.15, -0.1) is 0 Å². The van der Waals surface area contributed by atoms with Crippen LogP contribution in [-0.4, -0.2) is 11.1 Å². The predicted octanol–water partition coefficient (Wildman–Crippen LogP) is 4.36. The first-order chi connectivity index (χ1) is 6.89. The molecule has 0 bridgehead atoms. The van der Waals surface area contributed by atoms with Crippen LogP contribution in [0.3, 0.4) is 0 Å². The van der Waals surface area contributed by atoms with Crippen molar-refractivity contribution in [1.29, 1.82) is 0 Å². The summed E-state index contributed by atoms with van der Waals surface area (Å²) >= 11 is 2.38. The zero-order valence-electron chi connectivity index (χ0n) is 7.79. The SMILES string of the molecule is Cc1ccc(N=NC(Br)C(F)(F)F)cc1. The number of alkyl halides is 4. The molecule has 1 aromatic rings. The minimum atomic E-state index is -4.41. The molecule has 0 aliphatic heterocycles. The molecule has 0 saturated carbocycles. The van der Waals surface area contributed by atoms with E-state index in [0.29, 0.717) is 5.69 Å². The van der Waals surface area contributed by atoms with Crippen LogP contribution in [0.5, 0.6) is 0 Å². The summed E-state index contributed by atoms with van der Waals surface area (Å²) in [6.07, 6.45) is -4.41. The summed E-state index contributed by atoms with van der Waals surface area (Å²) in [6.45, 7) is 1.88. The van der Waals surface area contributed by atoms with E-state index in [2.05, 4.69) is 26.2 Å². The molecule has 1 aromatic carbocycles. The number of nitrogens with zero attached hydrogens (tertiary/aromatic N) is 2. The molecular weight excluding hydrogens is 273 g/mol. The van der Waals surface area contributed by atoms with Crippen LogP contribution >= 0.6 is 15.9 Å². The second kappa shape index (κ2) is 4.74. The van der Waals surface area contributed by atoms with Crippen molar-refractivity contribution in [3.8, 4) is 0 Å². The minimum absolute atomic E-state index is 0.398. The lowest BCUT2D eigenvalue weighted by molar-refractivity contribution is -0.126. The van der Waals surface area contributed by atoms with Crippen LogP contribution in [0.1, 0.15) is 5.56 Å². The van der Waals surface area contributed by atoms with E-state index in [1.54, 1.807) is 24.3 Å². The Morgan fingerprint density at radius 3 is 2.20 bits per heavy atom. The third kappa shape index (κ3) is 3.99. The van der Waals surface area contributed by atoms with E-state index in [1.165, 1.54) is 0 Å². The Kier molecular flexibility index (Phi) is 3.84. The molecule has 1 unspecified atom stereocenters.